The third kappa shape index (κ3) is 42.0. The first-order chi connectivity index (χ1) is 31.0. The number of aliphatic carboxylic acids is 1. The van der Waals surface area contributed by atoms with E-state index in [0.29, 0.717) is 25.5 Å². The van der Waals surface area contributed by atoms with Crippen LogP contribution in [0, 0.1) is 0 Å². The molecule has 1 aliphatic rings. The molecule has 0 saturated heterocycles. The lowest BCUT2D eigenvalue weighted by atomic mass is 10.1. The zero-order valence-electron chi connectivity index (χ0n) is 41.9. The molecule has 0 spiro atoms. The largest absolute Gasteiger partial charge is 0.481 e. The van der Waals surface area contributed by atoms with E-state index in [1.165, 1.54) is 224 Å². The number of esters is 1. The monoisotopic (exact) mass is 881 g/mol. The van der Waals surface area contributed by atoms with Crippen LogP contribution in [0.4, 0.5) is 0 Å². The average molecular weight is 881 g/mol. The first-order valence-electron chi connectivity index (χ1n) is 27.7. The number of hydrogen-bond donors (Lipinski definition) is 1. The molecule has 0 aliphatic carbocycles. The van der Waals surface area contributed by atoms with Crippen molar-refractivity contribution in [1.82, 2.24) is 4.90 Å². The highest BCUT2D eigenvalue weighted by Gasteiger charge is 2.22. The Morgan fingerprint density at radius 2 is 0.873 bits per heavy atom. The maximum Gasteiger partial charge on any atom is 0.305 e. The van der Waals surface area contributed by atoms with Gasteiger partial charge in [0.05, 0.1) is 19.0 Å². The second kappa shape index (κ2) is 47.6. The van der Waals surface area contributed by atoms with Gasteiger partial charge in [0, 0.05) is 31.8 Å². The van der Waals surface area contributed by atoms with Gasteiger partial charge in [0.1, 0.15) is 0 Å². The van der Waals surface area contributed by atoms with Gasteiger partial charge in [-0.05, 0) is 116 Å². The molecule has 1 aliphatic heterocycles. The lowest BCUT2D eigenvalue weighted by Crippen LogP contribution is -2.35. The van der Waals surface area contributed by atoms with Crippen molar-refractivity contribution < 1.29 is 19.4 Å². The van der Waals surface area contributed by atoms with Gasteiger partial charge in [-0.2, -0.15) is 0 Å². The van der Waals surface area contributed by atoms with Gasteiger partial charge in [-0.25, -0.2) is 0 Å². The first kappa shape index (κ1) is 58.6. The highest BCUT2D eigenvalue weighted by atomic mass is 16.5. The fourth-order valence-electron chi connectivity index (χ4n) is 8.79. The SMILES string of the molecule is CCCCCCCCC=CCCCCCCCCOC(=O)CCCCCCCC=CCCCCCCCCN1C(CCCCCCCC=CCCCCCCCC(=O)O)=NCC1C. The molecule has 63 heavy (non-hydrogen) atoms. The van der Waals surface area contributed by atoms with E-state index in [9.17, 15) is 9.59 Å². The zero-order chi connectivity index (χ0) is 45.4. The molecule has 0 aromatic rings. The Hall–Kier alpha value is -2.37. The molecule has 1 rings (SSSR count). The van der Waals surface area contributed by atoms with Crippen molar-refractivity contribution in [2.75, 3.05) is 19.7 Å². The van der Waals surface area contributed by atoms with Crippen LogP contribution in [0.1, 0.15) is 284 Å². The Balaban J connectivity index is 1.82. The molecule has 1 N–H and O–H groups in total. The number of hydrogen-bond acceptors (Lipinski definition) is 5. The molecule has 1 heterocycles. The molecule has 0 bridgehead atoms. The van der Waals surface area contributed by atoms with Gasteiger partial charge >= 0.3 is 11.9 Å². The normalized spacial score (nSPS) is 14.3. The number of allylic oxidation sites excluding steroid dienone is 6. The Morgan fingerprint density at radius 3 is 1.32 bits per heavy atom. The van der Waals surface area contributed by atoms with Gasteiger partial charge in [-0.1, -0.05) is 185 Å². The molecular weight excluding hydrogens is 777 g/mol. The van der Waals surface area contributed by atoms with Crippen molar-refractivity contribution >= 4 is 17.8 Å². The minimum Gasteiger partial charge on any atom is -0.481 e. The Bertz CT molecular complexity index is 1130. The van der Waals surface area contributed by atoms with Gasteiger partial charge in [-0.3, -0.25) is 14.6 Å². The minimum absolute atomic E-state index is 0.00329. The van der Waals surface area contributed by atoms with Crippen molar-refractivity contribution in [3.63, 3.8) is 0 Å². The maximum atomic E-state index is 12.1. The highest BCUT2D eigenvalue weighted by Crippen LogP contribution is 2.19. The minimum atomic E-state index is -0.669. The molecule has 0 radical (unpaired) electrons. The molecule has 0 amide bonds. The molecule has 0 saturated carbocycles. The number of amidine groups is 1. The van der Waals surface area contributed by atoms with Crippen LogP contribution in [0.2, 0.25) is 0 Å². The number of unbranched alkanes of at least 4 members (excludes halogenated alkanes) is 33. The summed E-state index contributed by atoms with van der Waals surface area (Å²) in [7, 11) is 0. The van der Waals surface area contributed by atoms with Gasteiger partial charge in [0.25, 0.3) is 0 Å². The number of nitrogens with zero attached hydrogens (tertiary/aromatic N) is 2. The van der Waals surface area contributed by atoms with E-state index in [4.69, 9.17) is 14.8 Å². The summed E-state index contributed by atoms with van der Waals surface area (Å²) >= 11 is 0. The van der Waals surface area contributed by atoms with E-state index in [2.05, 4.69) is 55.2 Å². The third-order valence-corrected chi connectivity index (χ3v) is 13.0. The van der Waals surface area contributed by atoms with Crippen molar-refractivity contribution in [3.8, 4) is 0 Å². The van der Waals surface area contributed by atoms with E-state index in [1.807, 2.05) is 0 Å². The molecule has 1 unspecified atom stereocenters. The number of carboxylic acid groups (broad SMARTS) is 1. The van der Waals surface area contributed by atoms with E-state index in [-0.39, 0.29) is 5.97 Å². The van der Waals surface area contributed by atoms with Gasteiger partial charge in [0.15, 0.2) is 0 Å². The molecular formula is C57H104N2O4. The summed E-state index contributed by atoms with van der Waals surface area (Å²) in [5.74, 6) is 0.715. The quantitative estimate of drug-likeness (QED) is 0.0374. The van der Waals surface area contributed by atoms with Crippen LogP contribution >= 0.6 is 0 Å². The molecule has 0 aromatic carbocycles. The Kier molecular flexibility index (Phi) is 44.3. The summed E-state index contributed by atoms with van der Waals surface area (Å²) in [6.07, 6.45) is 65.3. The third-order valence-electron chi connectivity index (χ3n) is 13.0. The summed E-state index contributed by atoms with van der Waals surface area (Å²) < 4.78 is 5.48. The van der Waals surface area contributed by atoms with Crippen LogP contribution < -0.4 is 0 Å². The van der Waals surface area contributed by atoms with Crippen molar-refractivity contribution in [2.24, 2.45) is 4.99 Å². The van der Waals surface area contributed by atoms with E-state index >= 15 is 0 Å². The van der Waals surface area contributed by atoms with Gasteiger partial charge < -0.3 is 14.7 Å². The zero-order valence-corrected chi connectivity index (χ0v) is 41.9. The second-order valence-corrected chi connectivity index (χ2v) is 19.1. The predicted octanol–water partition coefficient (Wildman–Crippen LogP) is 17.8. The maximum absolute atomic E-state index is 12.1. The second-order valence-electron chi connectivity index (χ2n) is 19.1. The van der Waals surface area contributed by atoms with Crippen molar-refractivity contribution in [1.29, 1.82) is 0 Å². The number of ether oxygens (including phenoxy) is 1. The van der Waals surface area contributed by atoms with Crippen molar-refractivity contribution in [2.45, 2.75) is 290 Å². The molecule has 6 nitrogen and oxygen atoms in total. The number of carbonyl (C=O) groups excluding carboxylic acids is 1. The molecule has 1 atom stereocenters. The Morgan fingerprint density at radius 1 is 0.508 bits per heavy atom. The average Bonchev–Trinajstić information content (AvgIpc) is 3.63. The van der Waals surface area contributed by atoms with Crippen LogP contribution in [0.15, 0.2) is 41.4 Å². The van der Waals surface area contributed by atoms with Crippen molar-refractivity contribution in [3.05, 3.63) is 36.5 Å². The van der Waals surface area contributed by atoms with Gasteiger partial charge in [0.2, 0.25) is 0 Å². The lowest BCUT2D eigenvalue weighted by Gasteiger charge is -2.25. The summed E-state index contributed by atoms with van der Waals surface area (Å²) in [6, 6.07) is 0.577. The Labute approximate surface area is 391 Å². The predicted molar refractivity (Wildman–Crippen MR) is 274 cm³/mol. The highest BCUT2D eigenvalue weighted by molar-refractivity contribution is 5.84. The van der Waals surface area contributed by atoms with Crippen LogP contribution in [-0.2, 0) is 14.3 Å². The molecule has 0 aromatic heterocycles. The summed E-state index contributed by atoms with van der Waals surface area (Å²) in [4.78, 5) is 30.2. The lowest BCUT2D eigenvalue weighted by molar-refractivity contribution is -0.144. The van der Waals surface area contributed by atoms with E-state index in [1.54, 1.807) is 0 Å². The number of aliphatic imine (C=N–C) groups is 1. The number of rotatable bonds is 49. The van der Waals surface area contributed by atoms with Gasteiger partial charge in [-0.15, -0.1) is 0 Å². The first-order valence-corrected chi connectivity index (χ1v) is 27.7. The van der Waals surface area contributed by atoms with E-state index in [0.717, 1.165) is 51.5 Å². The summed E-state index contributed by atoms with van der Waals surface area (Å²) in [5.41, 5.74) is 0. The number of carboxylic acids is 1. The molecule has 6 heteroatoms. The topological polar surface area (TPSA) is 79.2 Å². The van der Waals surface area contributed by atoms with Crippen LogP contribution in [0.25, 0.3) is 0 Å². The van der Waals surface area contributed by atoms with E-state index < -0.39 is 5.97 Å². The fraction of sp³-hybridized carbons (Fsp3) is 0.842. The molecule has 0 fully saturated rings. The standard InChI is InChI=1S/C57H104N2O4/c1-3-4-5-6-7-8-9-10-11-17-22-27-32-37-42-47-52-63-57(62)50-45-40-35-30-25-20-13-12-16-21-26-31-36-41-46-51-59-54(2)53-58-55(59)48-43-38-33-28-23-18-14-15-19-24-29-34-39-44-49-56(60)61/h10-15,54H,3-9,16-53H2,1-2H3,(H,60,61). The smallest absolute Gasteiger partial charge is 0.305 e. The van der Waals surface area contributed by atoms with Crippen LogP contribution in [0.3, 0.4) is 0 Å². The molecule has 366 valence electrons. The fourth-order valence-corrected chi connectivity index (χ4v) is 8.79. The summed E-state index contributed by atoms with van der Waals surface area (Å²) in [5, 5.41) is 8.69. The van der Waals surface area contributed by atoms with Crippen LogP contribution in [-0.4, -0.2) is 53.5 Å². The number of carbonyl (C=O) groups is 2. The van der Waals surface area contributed by atoms with Crippen LogP contribution in [0.5, 0.6) is 0 Å². The summed E-state index contributed by atoms with van der Waals surface area (Å²) in [6.45, 7) is 7.40.